The van der Waals surface area contributed by atoms with E-state index in [1.165, 1.54) is 4.90 Å². The number of hydrogen-bond acceptors (Lipinski definition) is 5. The molecule has 16 heavy (non-hydrogen) atoms. The Morgan fingerprint density at radius 1 is 1.44 bits per heavy atom. The number of carboxylic acids is 1. The van der Waals surface area contributed by atoms with Crippen LogP contribution >= 0.6 is 0 Å². The molecule has 1 atom stereocenters. The molecule has 1 saturated heterocycles. The molecule has 0 aromatic rings. The number of hydrogen-bond donors (Lipinski definition) is 0. The maximum Gasteiger partial charge on any atom is 0.410 e. The lowest BCUT2D eigenvalue weighted by Crippen LogP contribution is -2.53. The van der Waals surface area contributed by atoms with E-state index in [1.807, 2.05) is 0 Å². The molecule has 1 amide bonds. The quantitative estimate of drug-likeness (QED) is 0.599. The van der Waals surface area contributed by atoms with Crippen molar-refractivity contribution in [2.45, 2.75) is 32.5 Å². The first-order valence-corrected chi connectivity index (χ1v) is 5.10. The van der Waals surface area contributed by atoms with Gasteiger partial charge in [0, 0.05) is 6.54 Å². The van der Waals surface area contributed by atoms with Gasteiger partial charge in [-0.05, 0) is 20.8 Å². The Hall–Kier alpha value is -1.30. The topological polar surface area (TPSA) is 78.9 Å². The van der Waals surface area contributed by atoms with Gasteiger partial charge in [0.05, 0.1) is 19.1 Å². The Balaban J connectivity index is 2.54. The van der Waals surface area contributed by atoms with Gasteiger partial charge >= 0.3 is 6.09 Å². The number of nitrogens with zero attached hydrogens (tertiary/aromatic N) is 1. The van der Waals surface area contributed by atoms with Gasteiger partial charge in [-0.15, -0.1) is 0 Å². The van der Waals surface area contributed by atoms with Crippen LogP contribution in [0.4, 0.5) is 4.79 Å². The maximum absolute atomic E-state index is 11.6. The first-order chi connectivity index (χ1) is 7.29. The zero-order valence-corrected chi connectivity index (χ0v) is 9.69. The molecule has 0 saturated carbocycles. The van der Waals surface area contributed by atoms with Crippen molar-refractivity contribution in [3.05, 3.63) is 0 Å². The Morgan fingerprint density at radius 2 is 2.06 bits per heavy atom. The van der Waals surface area contributed by atoms with Gasteiger partial charge in [0.15, 0.2) is 0 Å². The van der Waals surface area contributed by atoms with Crippen LogP contribution in [0.25, 0.3) is 0 Å². The second-order valence-electron chi connectivity index (χ2n) is 4.60. The third-order valence-corrected chi connectivity index (χ3v) is 1.98. The smallest absolute Gasteiger partial charge is 0.410 e. The fraction of sp³-hybridized carbons (Fsp3) is 0.800. The zero-order chi connectivity index (χ0) is 12.3. The summed E-state index contributed by atoms with van der Waals surface area (Å²) in [6.45, 7) is 5.73. The Morgan fingerprint density at radius 3 is 2.56 bits per heavy atom. The van der Waals surface area contributed by atoms with Crippen molar-refractivity contribution in [2.75, 3.05) is 19.7 Å². The molecule has 6 nitrogen and oxygen atoms in total. The average Bonchev–Trinajstić information content (AvgIpc) is 2.15. The van der Waals surface area contributed by atoms with Crippen LogP contribution in [-0.4, -0.2) is 48.4 Å². The number of aliphatic carboxylic acids is 1. The molecule has 0 spiro atoms. The molecule has 1 rings (SSSR count). The summed E-state index contributed by atoms with van der Waals surface area (Å²) in [4.78, 5) is 23.5. The van der Waals surface area contributed by atoms with E-state index in [0.717, 1.165) is 0 Å². The second kappa shape index (κ2) is 4.69. The van der Waals surface area contributed by atoms with Crippen LogP contribution in [0.3, 0.4) is 0 Å². The molecule has 0 aromatic carbocycles. The fourth-order valence-electron chi connectivity index (χ4n) is 1.28. The molecule has 1 unspecified atom stereocenters. The molecular weight excluding hydrogens is 214 g/mol. The number of rotatable bonds is 1. The molecular formula is C10H16NO5-. The van der Waals surface area contributed by atoms with Crippen LogP contribution in [0.15, 0.2) is 0 Å². The molecule has 92 valence electrons. The van der Waals surface area contributed by atoms with Gasteiger partial charge in [0.2, 0.25) is 0 Å². The van der Waals surface area contributed by atoms with E-state index in [1.54, 1.807) is 20.8 Å². The van der Waals surface area contributed by atoms with Crippen LogP contribution in [0.2, 0.25) is 0 Å². The van der Waals surface area contributed by atoms with E-state index in [0.29, 0.717) is 6.54 Å². The molecule has 1 heterocycles. The third-order valence-electron chi connectivity index (χ3n) is 1.98. The molecule has 0 aromatic heterocycles. The average molecular weight is 230 g/mol. The largest absolute Gasteiger partial charge is 0.547 e. The van der Waals surface area contributed by atoms with Crippen molar-refractivity contribution in [1.82, 2.24) is 4.90 Å². The fourth-order valence-corrected chi connectivity index (χ4v) is 1.28. The third kappa shape index (κ3) is 3.69. The minimum Gasteiger partial charge on any atom is -0.547 e. The monoisotopic (exact) mass is 230 g/mol. The summed E-state index contributed by atoms with van der Waals surface area (Å²) in [5.74, 6) is -1.31. The minimum atomic E-state index is -1.31. The minimum absolute atomic E-state index is 0.0305. The molecule has 0 N–H and O–H groups in total. The summed E-state index contributed by atoms with van der Waals surface area (Å²) in [5.41, 5.74) is -0.591. The Bertz CT molecular complexity index is 283. The number of carbonyl (C=O) groups is 2. The number of ether oxygens (including phenoxy) is 2. The standard InChI is InChI=1S/C10H17NO5/c1-10(2,3)16-9(14)11-4-5-15-7(6-11)8(12)13/h7H,4-6H2,1-3H3,(H,12,13)/p-1. The van der Waals surface area contributed by atoms with E-state index >= 15 is 0 Å². The van der Waals surface area contributed by atoms with Crippen LogP contribution in [0.5, 0.6) is 0 Å². The van der Waals surface area contributed by atoms with Crippen LogP contribution in [0, 0.1) is 0 Å². The van der Waals surface area contributed by atoms with Crippen molar-refractivity contribution in [3.63, 3.8) is 0 Å². The first kappa shape index (κ1) is 12.8. The van der Waals surface area contributed by atoms with Crippen molar-refractivity contribution in [2.24, 2.45) is 0 Å². The van der Waals surface area contributed by atoms with E-state index in [-0.39, 0.29) is 13.2 Å². The predicted molar refractivity (Wildman–Crippen MR) is 52.6 cm³/mol. The van der Waals surface area contributed by atoms with Gasteiger partial charge in [-0.2, -0.15) is 0 Å². The highest BCUT2D eigenvalue weighted by Crippen LogP contribution is 2.12. The van der Waals surface area contributed by atoms with Crippen LogP contribution < -0.4 is 5.11 Å². The number of carboxylic acid groups (broad SMARTS) is 1. The summed E-state index contributed by atoms with van der Waals surface area (Å²) in [7, 11) is 0. The zero-order valence-electron chi connectivity index (χ0n) is 9.69. The normalized spacial score (nSPS) is 21.7. The summed E-state index contributed by atoms with van der Waals surface area (Å²) in [6, 6.07) is 0. The highest BCUT2D eigenvalue weighted by molar-refractivity contribution is 5.73. The van der Waals surface area contributed by atoms with Crippen molar-refractivity contribution in [3.8, 4) is 0 Å². The highest BCUT2D eigenvalue weighted by atomic mass is 16.6. The lowest BCUT2D eigenvalue weighted by molar-refractivity contribution is -0.318. The molecule has 1 aliphatic rings. The van der Waals surface area contributed by atoms with Gasteiger partial charge in [-0.1, -0.05) is 0 Å². The summed E-state index contributed by atoms with van der Waals surface area (Å²) in [5, 5.41) is 10.6. The summed E-state index contributed by atoms with van der Waals surface area (Å²) < 4.78 is 10.1. The SMILES string of the molecule is CC(C)(C)OC(=O)N1CCOC(C(=O)[O-])C1. The Kier molecular flexibility index (Phi) is 3.74. The molecule has 0 bridgehead atoms. The lowest BCUT2D eigenvalue weighted by atomic mass is 10.2. The first-order valence-electron chi connectivity index (χ1n) is 5.10. The van der Waals surface area contributed by atoms with E-state index in [2.05, 4.69) is 0 Å². The van der Waals surface area contributed by atoms with Gasteiger partial charge < -0.3 is 24.3 Å². The van der Waals surface area contributed by atoms with Crippen molar-refractivity contribution in [1.29, 1.82) is 0 Å². The van der Waals surface area contributed by atoms with Crippen LogP contribution in [0.1, 0.15) is 20.8 Å². The summed E-state index contributed by atoms with van der Waals surface area (Å²) in [6.07, 6.45) is -1.59. The van der Waals surface area contributed by atoms with Gasteiger partial charge in [0.25, 0.3) is 0 Å². The molecule has 0 radical (unpaired) electrons. The van der Waals surface area contributed by atoms with E-state index < -0.39 is 23.8 Å². The number of carbonyl (C=O) groups excluding carboxylic acids is 2. The second-order valence-corrected chi connectivity index (χ2v) is 4.60. The number of morpholine rings is 1. The lowest BCUT2D eigenvalue weighted by Gasteiger charge is -2.34. The highest BCUT2D eigenvalue weighted by Gasteiger charge is 2.28. The summed E-state index contributed by atoms with van der Waals surface area (Å²) >= 11 is 0. The van der Waals surface area contributed by atoms with E-state index in [9.17, 15) is 14.7 Å². The Labute approximate surface area is 94.1 Å². The van der Waals surface area contributed by atoms with E-state index in [4.69, 9.17) is 9.47 Å². The molecule has 0 aliphatic carbocycles. The van der Waals surface area contributed by atoms with Gasteiger partial charge in [0.1, 0.15) is 11.7 Å². The molecule has 1 fully saturated rings. The van der Waals surface area contributed by atoms with Gasteiger partial charge in [-0.3, -0.25) is 0 Å². The van der Waals surface area contributed by atoms with Gasteiger partial charge in [-0.25, -0.2) is 4.79 Å². The predicted octanol–water partition coefficient (Wildman–Crippen LogP) is -0.628. The van der Waals surface area contributed by atoms with Crippen LogP contribution in [-0.2, 0) is 14.3 Å². The molecule has 1 aliphatic heterocycles. The maximum atomic E-state index is 11.6. The van der Waals surface area contributed by atoms with Crippen molar-refractivity contribution >= 4 is 12.1 Å². The number of amides is 1. The molecule has 6 heteroatoms. The van der Waals surface area contributed by atoms with Crippen molar-refractivity contribution < 1.29 is 24.2 Å².